The van der Waals surface area contributed by atoms with Gasteiger partial charge < -0.3 is 5.32 Å². The molecule has 1 saturated carbocycles. The molecule has 0 heterocycles. The lowest BCUT2D eigenvalue weighted by molar-refractivity contribution is 0.374. The fraction of sp³-hybridized carbons (Fsp3) is 0.250. The molecule has 0 aromatic heterocycles. The van der Waals surface area contributed by atoms with Gasteiger partial charge in [0.1, 0.15) is 0 Å². The number of hydrogen-bond acceptors (Lipinski definition) is 1. The molecular weight excluding hydrogens is 366 g/mol. The van der Waals surface area contributed by atoms with Crippen LogP contribution in [0.1, 0.15) is 24.3 Å². The highest BCUT2D eigenvalue weighted by molar-refractivity contribution is 9.10. The molecule has 0 bridgehead atoms. The van der Waals surface area contributed by atoms with Crippen molar-refractivity contribution >= 4 is 37.5 Å². The molecule has 0 amide bonds. The average Bonchev–Trinajstić information content (AvgIpc) is 2.37. The zero-order valence-corrected chi connectivity index (χ0v) is 13.6. The van der Waals surface area contributed by atoms with Crippen LogP contribution in [-0.4, -0.2) is 6.04 Å². The summed E-state index contributed by atoms with van der Waals surface area (Å²) in [5.41, 5.74) is 2.67. The number of halogens is 2. The quantitative estimate of drug-likeness (QED) is 0.733. The summed E-state index contributed by atoms with van der Waals surface area (Å²) >= 11 is 6.94. The summed E-state index contributed by atoms with van der Waals surface area (Å²) in [6.07, 6.45) is 2.44. The number of benzene rings is 2. The zero-order valence-electron chi connectivity index (χ0n) is 10.4. The van der Waals surface area contributed by atoms with E-state index in [2.05, 4.69) is 85.7 Å². The molecule has 2 aromatic rings. The fourth-order valence-electron chi connectivity index (χ4n) is 2.52. The molecule has 1 fully saturated rings. The highest BCUT2D eigenvalue weighted by Gasteiger charge is 2.29. The van der Waals surface area contributed by atoms with E-state index in [9.17, 15) is 0 Å². The summed E-state index contributed by atoms with van der Waals surface area (Å²) in [7, 11) is 0. The molecule has 2 aromatic carbocycles. The minimum Gasteiger partial charge on any atom is -0.382 e. The van der Waals surface area contributed by atoms with Gasteiger partial charge in [0.15, 0.2) is 0 Å². The monoisotopic (exact) mass is 379 g/mol. The molecule has 0 spiro atoms. The third-order valence-electron chi connectivity index (χ3n) is 3.69. The van der Waals surface area contributed by atoms with Crippen LogP contribution in [0.5, 0.6) is 0 Å². The molecule has 0 aliphatic heterocycles. The van der Waals surface area contributed by atoms with E-state index in [1.807, 2.05) is 0 Å². The van der Waals surface area contributed by atoms with E-state index in [-0.39, 0.29) is 0 Å². The molecule has 1 aliphatic carbocycles. The smallest absolute Gasteiger partial charge is 0.0343 e. The van der Waals surface area contributed by atoms with Crippen LogP contribution in [0.2, 0.25) is 0 Å². The molecule has 0 unspecified atom stereocenters. The van der Waals surface area contributed by atoms with Crippen molar-refractivity contribution in [3.63, 3.8) is 0 Å². The molecule has 1 aliphatic rings. The van der Waals surface area contributed by atoms with Crippen LogP contribution in [0.4, 0.5) is 5.69 Å². The zero-order chi connectivity index (χ0) is 13.2. The Hall–Kier alpha value is -0.800. The van der Waals surface area contributed by atoms with Crippen LogP contribution in [0.25, 0.3) is 0 Å². The summed E-state index contributed by atoms with van der Waals surface area (Å²) in [6, 6.07) is 17.7. The van der Waals surface area contributed by atoms with Crippen LogP contribution in [-0.2, 0) is 0 Å². The van der Waals surface area contributed by atoms with Crippen molar-refractivity contribution in [2.45, 2.75) is 24.8 Å². The second-order valence-electron chi connectivity index (χ2n) is 5.07. The standard InChI is InChI=1S/C16H15Br2N/c17-13-3-1-11(2-4-13)12-9-16(10-12)19-15-7-5-14(18)6-8-15/h1-8,12,16,19H,9-10H2. The predicted molar refractivity (Wildman–Crippen MR) is 87.7 cm³/mol. The summed E-state index contributed by atoms with van der Waals surface area (Å²) in [4.78, 5) is 0. The second-order valence-corrected chi connectivity index (χ2v) is 6.90. The van der Waals surface area contributed by atoms with E-state index in [1.54, 1.807) is 0 Å². The van der Waals surface area contributed by atoms with E-state index in [0.717, 1.165) is 8.95 Å². The summed E-state index contributed by atoms with van der Waals surface area (Å²) in [5.74, 6) is 0.709. The van der Waals surface area contributed by atoms with E-state index in [1.165, 1.54) is 24.1 Å². The third-order valence-corrected chi connectivity index (χ3v) is 4.75. The topological polar surface area (TPSA) is 12.0 Å². The van der Waals surface area contributed by atoms with Gasteiger partial charge in [-0.15, -0.1) is 0 Å². The van der Waals surface area contributed by atoms with Gasteiger partial charge >= 0.3 is 0 Å². The molecule has 0 saturated heterocycles. The first-order valence-electron chi connectivity index (χ1n) is 6.48. The van der Waals surface area contributed by atoms with Crippen LogP contribution >= 0.6 is 31.9 Å². The Labute approximate surface area is 130 Å². The molecule has 0 radical (unpaired) electrons. The average molecular weight is 381 g/mol. The van der Waals surface area contributed by atoms with Crippen molar-refractivity contribution in [2.75, 3.05) is 5.32 Å². The van der Waals surface area contributed by atoms with Crippen molar-refractivity contribution in [1.82, 2.24) is 0 Å². The van der Waals surface area contributed by atoms with Gasteiger partial charge in [-0.3, -0.25) is 0 Å². The van der Waals surface area contributed by atoms with Crippen LogP contribution in [0.15, 0.2) is 57.5 Å². The number of hydrogen-bond donors (Lipinski definition) is 1. The van der Waals surface area contributed by atoms with Crippen molar-refractivity contribution in [3.05, 3.63) is 63.0 Å². The van der Waals surface area contributed by atoms with Gasteiger partial charge in [-0.25, -0.2) is 0 Å². The third kappa shape index (κ3) is 3.21. The minimum absolute atomic E-state index is 0.606. The van der Waals surface area contributed by atoms with Gasteiger partial charge in [-0.2, -0.15) is 0 Å². The second kappa shape index (κ2) is 5.68. The maximum absolute atomic E-state index is 3.59. The highest BCUT2D eigenvalue weighted by atomic mass is 79.9. The van der Waals surface area contributed by atoms with Gasteiger partial charge in [0.2, 0.25) is 0 Å². The van der Waals surface area contributed by atoms with Crippen LogP contribution in [0.3, 0.4) is 0 Å². The van der Waals surface area contributed by atoms with E-state index >= 15 is 0 Å². The van der Waals surface area contributed by atoms with E-state index in [0.29, 0.717) is 12.0 Å². The van der Waals surface area contributed by atoms with Crippen molar-refractivity contribution < 1.29 is 0 Å². The Morgan fingerprint density at radius 1 is 0.789 bits per heavy atom. The number of anilines is 1. The molecular formula is C16H15Br2N. The Morgan fingerprint density at radius 2 is 1.32 bits per heavy atom. The first kappa shape index (κ1) is 13.2. The lowest BCUT2D eigenvalue weighted by Gasteiger charge is -2.37. The largest absolute Gasteiger partial charge is 0.382 e. The first-order valence-corrected chi connectivity index (χ1v) is 8.07. The number of rotatable bonds is 3. The van der Waals surface area contributed by atoms with Gasteiger partial charge in [-0.05, 0) is 60.7 Å². The van der Waals surface area contributed by atoms with Crippen LogP contribution < -0.4 is 5.32 Å². The Morgan fingerprint density at radius 3 is 1.89 bits per heavy atom. The maximum Gasteiger partial charge on any atom is 0.0343 e. The number of nitrogens with one attached hydrogen (secondary N) is 1. The molecule has 0 atom stereocenters. The predicted octanol–water partition coefficient (Wildman–Crippen LogP) is 5.57. The lowest BCUT2D eigenvalue weighted by atomic mass is 9.76. The first-order chi connectivity index (χ1) is 9.20. The minimum atomic E-state index is 0.606. The van der Waals surface area contributed by atoms with E-state index in [4.69, 9.17) is 0 Å². The molecule has 19 heavy (non-hydrogen) atoms. The van der Waals surface area contributed by atoms with Gasteiger partial charge in [0.05, 0.1) is 0 Å². The van der Waals surface area contributed by atoms with Crippen molar-refractivity contribution in [2.24, 2.45) is 0 Å². The summed E-state index contributed by atoms with van der Waals surface area (Å²) < 4.78 is 2.28. The van der Waals surface area contributed by atoms with Gasteiger partial charge in [0, 0.05) is 20.7 Å². The molecule has 1 nitrogen and oxygen atoms in total. The Kier molecular flexibility index (Phi) is 3.94. The van der Waals surface area contributed by atoms with Gasteiger partial charge in [0.25, 0.3) is 0 Å². The van der Waals surface area contributed by atoms with E-state index < -0.39 is 0 Å². The van der Waals surface area contributed by atoms with Crippen molar-refractivity contribution in [3.8, 4) is 0 Å². The summed E-state index contributed by atoms with van der Waals surface area (Å²) in [5, 5.41) is 3.59. The maximum atomic E-state index is 3.59. The molecule has 98 valence electrons. The highest BCUT2D eigenvalue weighted by Crippen LogP contribution is 2.38. The van der Waals surface area contributed by atoms with Crippen LogP contribution in [0, 0.1) is 0 Å². The Bertz CT molecular complexity index is 542. The Balaban J connectivity index is 1.55. The SMILES string of the molecule is Brc1ccc(NC2CC(c3ccc(Br)cc3)C2)cc1. The molecule has 3 rings (SSSR count). The molecule has 1 N–H and O–H groups in total. The lowest BCUT2D eigenvalue weighted by Crippen LogP contribution is -2.33. The molecule has 3 heteroatoms. The summed E-state index contributed by atoms with van der Waals surface area (Å²) in [6.45, 7) is 0. The van der Waals surface area contributed by atoms with Crippen molar-refractivity contribution in [1.29, 1.82) is 0 Å². The fourth-order valence-corrected chi connectivity index (χ4v) is 3.05. The normalized spacial score (nSPS) is 21.8. The van der Waals surface area contributed by atoms with Gasteiger partial charge in [-0.1, -0.05) is 44.0 Å².